The number of amides is 1. The third-order valence-electron chi connectivity index (χ3n) is 6.93. The zero-order valence-electron chi connectivity index (χ0n) is 20.0. The van der Waals surface area contributed by atoms with Crippen molar-refractivity contribution in [2.75, 3.05) is 24.5 Å². The molecule has 1 atom stereocenters. The number of aromatic nitrogens is 2. The molecule has 182 valence electrons. The largest absolute Gasteiger partial charge is 0.368 e. The first-order valence-electron chi connectivity index (χ1n) is 12.0. The molecule has 0 aliphatic carbocycles. The number of nitrogens with zero attached hydrogens (tertiary/aromatic N) is 3. The number of nitrogens with one attached hydrogen (secondary N) is 2. The summed E-state index contributed by atoms with van der Waals surface area (Å²) in [4.78, 5) is 24.3. The van der Waals surface area contributed by atoms with Gasteiger partial charge in [0.15, 0.2) is 0 Å². The second-order valence-electron chi connectivity index (χ2n) is 9.66. The molecule has 1 spiro atoms. The van der Waals surface area contributed by atoms with E-state index >= 15 is 0 Å². The van der Waals surface area contributed by atoms with E-state index in [2.05, 4.69) is 25.5 Å². The molecule has 0 unspecified atom stereocenters. The van der Waals surface area contributed by atoms with Gasteiger partial charge in [-0.05, 0) is 75.0 Å². The van der Waals surface area contributed by atoms with Crippen molar-refractivity contribution in [2.24, 2.45) is 0 Å². The lowest BCUT2D eigenvalue weighted by Crippen LogP contribution is -2.42. The molecule has 2 saturated heterocycles. The quantitative estimate of drug-likeness (QED) is 0.574. The second-order valence-corrected chi connectivity index (χ2v) is 9.66. The Morgan fingerprint density at radius 2 is 1.83 bits per heavy atom. The smallest absolute Gasteiger partial charge is 0.255 e. The summed E-state index contributed by atoms with van der Waals surface area (Å²) in [5, 5.41) is 6.63. The van der Waals surface area contributed by atoms with E-state index in [1.807, 2.05) is 26.0 Å². The molecule has 2 N–H and O–H groups in total. The fourth-order valence-electron chi connectivity index (χ4n) is 5.46. The number of aryl methyl sites for hydroxylation is 2. The van der Waals surface area contributed by atoms with Crippen molar-refractivity contribution >= 4 is 11.6 Å². The molecule has 4 heterocycles. The van der Waals surface area contributed by atoms with Crippen LogP contribution in [0.2, 0.25) is 0 Å². The van der Waals surface area contributed by atoms with E-state index in [4.69, 9.17) is 0 Å². The number of rotatable bonds is 5. The van der Waals surface area contributed by atoms with Crippen LogP contribution in [0.25, 0.3) is 11.1 Å². The van der Waals surface area contributed by atoms with Crippen LogP contribution in [0, 0.1) is 25.5 Å². The van der Waals surface area contributed by atoms with Crippen LogP contribution in [0.15, 0.2) is 42.7 Å². The van der Waals surface area contributed by atoms with Gasteiger partial charge in [-0.2, -0.15) is 0 Å². The summed E-state index contributed by atoms with van der Waals surface area (Å²) >= 11 is 0. The third-order valence-corrected chi connectivity index (χ3v) is 6.93. The number of halogens is 2. The number of hydrogen-bond acceptors (Lipinski definition) is 5. The summed E-state index contributed by atoms with van der Waals surface area (Å²) in [6.07, 6.45) is 6.26. The number of benzene rings is 1. The van der Waals surface area contributed by atoms with Gasteiger partial charge in [-0.1, -0.05) is 0 Å². The van der Waals surface area contributed by atoms with E-state index in [1.54, 1.807) is 12.4 Å². The Kier molecular flexibility index (Phi) is 6.23. The normalized spacial score (nSPS) is 19.5. The molecule has 2 aromatic heterocycles. The van der Waals surface area contributed by atoms with Crippen LogP contribution in [0.1, 0.15) is 46.6 Å². The summed E-state index contributed by atoms with van der Waals surface area (Å²) in [6, 6.07) is 7.29. The fourth-order valence-corrected chi connectivity index (χ4v) is 5.46. The Bertz CT molecular complexity index is 1230. The van der Waals surface area contributed by atoms with E-state index in [0.29, 0.717) is 28.9 Å². The molecule has 35 heavy (non-hydrogen) atoms. The molecule has 3 aromatic rings. The molecule has 1 amide bonds. The lowest BCUT2D eigenvalue weighted by molar-refractivity contribution is 0.0951. The van der Waals surface area contributed by atoms with Gasteiger partial charge in [0.05, 0.1) is 11.3 Å². The van der Waals surface area contributed by atoms with Gasteiger partial charge in [-0.25, -0.2) is 8.78 Å². The van der Waals surface area contributed by atoms with Crippen molar-refractivity contribution in [3.8, 4) is 11.1 Å². The Morgan fingerprint density at radius 1 is 1.09 bits per heavy atom. The molecule has 0 saturated carbocycles. The summed E-state index contributed by atoms with van der Waals surface area (Å²) in [6.45, 7) is 6.62. The van der Waals surface area contributed by atoms with Gasteiger partial charge in [0.25, 0.3) is 5.91 Å². The number of carbonyl (C=O) groups excluding carboxylic acids is 1. The molecule has 5 rings (SSSR count). The minimum Gasteiger partial charge on any atom is -0.368 e. The summed E-state index contributed by atoms with van der Waals surface area (Å²) < 4.78 is 28.3. The molecule has 6 nitrogen and oxygen atoms in total. The maximum atomic E-state index is 14.1. The SMILES string of the molecule is Cc1cc(CNC(=O)c2cncc(-c3cc(F)cc(F)c3)c2N2CC[C@@]3(CCCN3)C2)cc(C)n1. The fraction of sp³-hybridized carbons (Fsp3) is 0.370. The van der Waals surface area contributed by atoms with Crippen LogP contribution >= 0.6 is 0 Å². The highest BCUT2D eigenvalue weighted by Crippen LogP contribution is 2.40. The topological polar surface area (TPSA) is 70.2 Å². The van der Waals surface area contributed by atoms with Crippen LogP contribution in [0.4, 0.5) is 14.5 Å². The second kappa shape index (κ2) is 9.34. The monoisotopic (exact) mass is 477 g/mol. The molecular formula is C27H29F2N5O. The van der Waals surface area contributed by atoms with Gasteiger partial charge in [0, 0.05) is 60.6 Å². The lowest BCUT2D eigenvalue weighted by atomic mass is 9.96. The zero-order valence-corrected chi connectivity index (χ0v) is 20.0. The van der Waals surface area contributed by atoms with Crippen LogP contribution in [0.5, 0.6) is 0 Å². The van der Waals surface area contributed by atoms with Gasteiger partial charge in [-0.15, -0.1) is 0 Å². The number of pyridine rings is 2. The summed E-state index contributed by atoms with van der Waals surface area (Å²) in [5.74, 6) is -1.61. The first-order chi connectivity index (χ1) is 16.8. The van der Waals surface area contributed by atoms with Crippen molar-refractivity contribution in [1.82, 2.24) is 20.6 Å². The zero-order chi connectivity index (χ0) is 24.6. The van der Waals surface area contributed by atoms with Crippen molar-refractivity contribution in [1.29, 1.82) is 0 Å². The Morgan fingerprint density at radius 3 is 2.51 bits per heavy atom. The van der Waals surface area contributed by atoms with Gasteiger partial charge < -0.3 is 15.5 Å². The van der Waals surface area contributed by atoms with Gasteiger partial charge in [0.1, 0.15) is 11.6 Å². The minimum absolute atomic E-state index is 0.00751. The number of anilines is 1. The maximum Gasteiger partial charge on any atom is 0.255 e. The predicted molar refractivity (Wildman–Crippen MR) is 131 cm³/mol. The van der Waals surface area contributed by atoms with Gasteiger partial charge in [-0.3, -0.25) is 14.8 Å². The molecule has 0 radical (unpaired) electrons. The first kappa shape index (κ1) is 23.4. The lowest BCUT2D eigenvalue weighted by Gasteiger charge is -2.28. The van der Waals surface area contributed by atoms with E-state index in [-0.39, 0.29) is 11.4 Å². The average molecular weight is 478 g/mol. The number of carbonyl (C=O) groups is 1. The van der Waals surface area contributed by atoms with Crippen LogP contribution < -0.4 is 15.5 Å². The standard InChI is InChI=1S/C27H29F2N5O/c1-17-8-19(9-18(2)33-17)13-31-26(35)24-15-30-14-23(20-10-21(28)12-22(29)11-20)25(24)34-7-5-27(16-34)4-3-6-32-27/h8-12,14-15,32H,3-7,13,16H2,1-2H3,(H,31,35)/t27-/m0/s1. The maximum absolute atomic E-state index is 14.1. The van der Waals surface area contributed by atoms with Crippen molar-refractivity contribution < 1.29 is 13.6 Å². The third kappa shape index (κ3) is 4.89. The highest BCUT2D eigenvalue weighted by Gasteiger charge is 2.41. The molecule has 8 heteroatoms. The highest BCUT2D eigenvalue weighted by atomic mass is 19.1. The Balaban J connectivity index is 1.52. The molecule has 2 aliphatic heterocycles. The molecule has 2 aliphatic rings. The summed E-state index contributed by atoms with van der Waals surface area (Å²) in [7, 11) is 0. The molecule has 2 fully saturated rings. The van der Waals surface area contributed by atoms with Crippen molar-refractivity contribution in [3.63, 3.8) is 0 Å². The van der Waals surface area contributed by atoms with Crippen LogP contribution in [0.3, 0.4) is 0 Å². The van der Waals surface area contributed by atoms with E-state index in [1.165, 1.54) is 12.1 Å². The Labute approximate surface area is 203 Å². The minimum atomic E-state index is -0.667. The van der Waals surface area contributed by atoms with Crippen LogP contribution in [-0.2, 0) is 6.54 Å². The van der Waals surface area contributed by atoms with Gasteiger partial charge >= 0.3 is 0 Å². The molecular weight excluding hydrogens is 448 g/mol. The predicted octanol–water partition coefficient (Wildman–Crippen LogP) is 4.30. The van der Waals surface area contributed by atoms with Crippen LogP contribution in [-0.4, -0.2) is 41.0 Å². The van der Waals surface area contributed by atoms with E-state index in [0.717, 1.165) is 61.9 Å². The molecule has 0 bridgehead atoms. The van der Waals surface area contributed by atoms with Crippen molar-refractivity contribution in [2.45, 2.75) is 45.2 Å². The van der Waals surface area contributed by atoms with E-state index < -0.39 is 11.6 Å². The first-order valence-corrected chi connectivity index (χ1v) is 12.0. The van der Waals surface area contributed by atoms with Crippen molar-refractivity contribution in [3.05, 3.63) is 76.9 Å². The van der Waals surface area contributed by atoms with E-state index in [9.17, 15) is 13.6 Å². The summed E-state index contributed by atoms with van der Waals surface area (Å²) in [5.41, 5.74) is 4.70. The molecule has 1 aromatic carbocycles. The average Bonchev–Trinajstić information content (AvgIpc) is 3.45. The van der Waals surface area contributed by atoms with Gasteiger partial charge in [0.2, 0.25) is 0 Å². The number of hydrogen-bond donors (Lipinski definition) is 2. The highest BCUT2D eigenvalue weighted by molar-refractivity contribution is 6.03. The Hall–Kier alpha value is -3.39.